The summed E-state index contributed by atoms with van der Waals surface area (Å²) in [5, 5.41) is 7.09. The summed E-state index contributed by atoms with van der Waals surface area (Å²) in [5.41, 5.74) is 0.0871. The number of benzene rings is 4. The molecule has 3 amide bonds. The topological polar surface area (TPSA) is 106 Å². The van der Waals surface area contributed by atoms with Crippen molar-refractivity contribution in [2.45, 2.75) is 23.2 Å². The quantitative estimate of drug-likeness (QED) is 0.110. The number of carbonyl (C=O) groups excluding carboxylic acids is 3. The van der Waals surface area contributed by atoms with Gasteiger partial charge in [0.1, 0.15) is 5.70 Å². The Balaban J connectivity index is 1.52. The minimum Gasteiger partial charge on any atom is -0.493 e. The Hall–Kier alpha value is -4.94. The van der Waals surface area contributed by atoms with Gasteiger partial charge in [-0.1, -0.05) is 41.9 Å². The number of hydrogen-bond donors (Lipinski definition) is 3. The van der Waals surface area contributed by atoms with Gasteiger partial charge in [0.05, 0.1) is 35.7 Å². The van der Waals surface area contributed by atoms with E-state index in [1.54, 1.807) is 79.7 Å². The van der Waals surface area contributed by atoms with Gasteiger partial charge in [-0.25, -0.2) is 0 Å². The van der Waals surface area contributed by atoms with Crippen molar-refractivity contribution < 1.29 is 37.0 Å². The summed E-state index contributed by atoms with van der Waals surface area (Å²) in [7, 11) is 2.98. The fourth-order valence-electron chi connectivity index (χ4n) is 4.19. The van der Waals surface area contributed by atoms with E-state index < -0.39 is 34.7 Å². The van der Waals surface area contributed by atoms with Crippen LogP contribution in [0.3, 0.4) is 0 Å². The number of anilines is 2. The fraction of sp³-hybridized carbons (Fsp3) is 0.147. The molecule has 0 aromatic heterocycles. The van der Waals surface area contributed by atoms with Crippen molar-refractivity contribution in [1.82, 2.24) is 5.32 Å². The van der Waals surface area contributed by atoms with Gasteiger partial charge in [-0.3, -0.25) is 14.4 Å². The number of ether oxygens (including phenoxy) is 2. The Morgan fingerprint density at radius 3 is 2.26 bits per heavy atom. The Morgan fingerprint density at radius 2 is 1.57 bits per heavy atom. The van der Waals surface area contributed by atoms with Crippen LogP contribution in [0.4, 0.5) is 24.5 Å². The molecule has 0 fully saturated rings. The van der Waals surface area contributed by atoms with Crippen molar-refractivity contribution in [3.05, 3.63) is 118 Å². The lowest BCUT2D eigenvalue weighted by molar-refractivity contribution is -0.137. The number of thioether (sulfide) groups is 1. The number of halogens is 4. The Kier molecular flexibility index (Phi) is 11.6. The predicted octanol–water partition coefficient (Wildman–Crippen LogP) is 7.90. The average Bonchev–Trinajstić information content (AvgIpc) is 3.05. The number of amides is 3. The summed E-state index contributed by atoms with van der Waals surface area (Å²) in [4.78, 5) is 40.0. The van der Waals surface area contributed by atoms with Crippen molar-refractivity contribution in [3.63, 3.8) is 0 Å². The summed E-state index contributed by atoms with van der Waals surface area (Å²) < 4.78 is 50.1. The van der Waals surface area contributed by atoms with E-state index in [1.165, 1.54) is 20.3 Å². The van der Waals surface area contributed by atoms with Crippen LogP contribution in [0.2, 0.25) is 5.02 Å². The molecule has 0 bridgehead atoms. The summed E-state index contributed by atoms with van der Waals surface area (Å²) in [6, 6.07) is 22.7. The first-order chi connectivity index (χ1) is 22.4. The monoisotopic (exact) mass is 683 g/mol. The van der Waals surface area contributed by atoms with Crippen LogP contribution in [-0.2, 0) is 15.8 Å². The molecule has 0 aliphatic carbocycles. The van der Waals surface area contributed by atoms with E-state index in [0.717, 1.165) is 30.0 Å². The fourth-order valence-corrected chi connectivity index (χ4v) is 5.28. The highest BCUT2D eigenvalue weighted by molar-refractivity contribution is 8.00. The van der Waals surface area contributed by atoms with Gasteiger partial charge in [-0.2, -0.15) is 13.2 Å². The van der Waals surface area contributed by atoms with Crippen molar-refractivity contribution >= 4 is 58.5 Å². The smallest absolute Gasteiger partial charge is 0.416 e. The molecule has 47 heavy (non-hydrogen) atoms. The molecule has 0 saturated carbocycles. The SMILES string of the molecule is COc1ccc(/C=C(/NC(=O)c2ccccc2)C(=O)Nc2cccc(SC(C)C(=O)Nc3cc(C(F)(F)F)ccc3Cl)c2)cc1OC. The van der Waals surface area contributed by atoms with E-state index in [1.807, 2.05) is 0 Å². The second-order valence-electron chi connectivity index (χ2n) is 9.92. The van der Waals surface area contributed by atoms with Crippen LogP contribution in [0.1, 0.15) is 28.4 Å². The zero-order valence-corrected chi connectivity index (χ0v) is 26.8. The van der Waals surface area contributed by atoms with Crippen LogP contribution in [-0.4, -0.2) is 37.2 Å². The maximum absolute atomic E-state index is 13.5. The van der Waals surface area contributed by atoms with Crippen LogP contribution in [0, 0.1) is 0 Å². The summed E-state index contributed by atoms with van der Waals surface area (Å²) in [5.74, 6) is -0.796. The molecular formula is C34H29ClF3N3O5S. The molecule has 1 unspecified atom stereocenters. The highest BCUT2D eigenvalue weighted by Gasteiger charge is 2.31. The van der Waals surface area contributed by atoms with Gasteiger partial charge in [-0.05, 0) is 79.2 Å². The highest BCUT2D eigenvalue weighted by atomic mass is 35.5. The van der Waals surface area contributed by atoms with E-state index in [2.05, 4.69) is 16.0 Å². The summed E-state index contributed by atoms with van der Waals surface area (Å²) in [6.07, 6.45) is -3.11. The van der Waals surface area contributed by atoms with Crippen LogP contribution in [0.5, 0.6) is 11.5 Å². The largest absolute Gasteiger partial charge is 0.493 e. The zero-order valence-electron chi connectivity index (χ0n) is 25.3. The average molecular weight is 684 g/mol. The zero-order chi connectivity index (χ0) is 34.1. The molecule has 13 heteroatoms. The second kappa shape index (κ2) is 15.6. The molecule has 4 rings (SSSR count). The van der Waals surface area contributed by atoms with E-state index in [-0.39, 0.29) is 16.4 Å². The second-order valence-corrected chi connectivity index (χ2v) is 11.7. The molecule has 244 valence electrons. The number of rotatable bonds is 11. The molecule has 4 aromatic carbocycles. The molecule has 0 spiro atoms. The molecule has 0 saturated heterocycles. The molecular weight excluding hydrogens is 655 g/mol. The summed E-state index contributed by atoms with van der Waals surface area (Å²) in [6.45, 7) is 1.58. The molecule has 0 aliphatic rings. The lowest BCUT2D eigenvalue weighted by Gasteiger charge is -2.16. The predicted molar refractivity (Wildman–Crippen MR) is 177 cm³/mol. The standard InChI is InChI=1S/C34H29ClF3N3O5S/c1-20(31(42)40-27-18-23(34(36,37)38)13-14-26(27)35)47-25-11-7-10-24(19-25)39-33(44)28(41-32(43)22-8-5-4-6-9-22)16-21-12-15-29(45-2)30(17-21)46-3/h4-20H,1-3H3,(H,39,44)(H,40,42)(H,41,43)/b28-16+. The molecule has 0 aliphatic heterocycles. The van der Waals surface area contributed by atoms with Gasteiger partial charge in [-0.15, -0.1) is 11.8 Å². The van der Waals surface area contributed by atoms with Gasteiger partial charge >= 0.3 is 6.18 Å². The van der Waals surface area contributed by atoms with Crippen molar-refractivity contribution in [1.29, 1.82) is 0 Å². The maximum atomic E-state index is 13.5. The minimum atomic E-state index is -4.60. The van der Waals surface area contributed by atoms with E-state index >= 15 is 0 Å². The van der Waals surface area contributed by atoms with E-state index in [9.17, 15) is 27.6 Å². The number of nitrogens with one attached hydrogen (secondary N) is 3. The van der Waals surface area contributed by atoms with Gasteiger partial charge in [0, 0.05) is 16.1 Å². The lowest BCUT2D eigenvalue weighted by atomic mass is 10.1. The Labute approximate surface area is 278 Å². The Bertz CT molecular complexity index is 1800. The van der Waals surface area contributed by atoms with E-state index in [0.29, 0.717) is 33.2 Å². The highest BCUT2D eigenvalue weighted by Crippen LogP contribution is 2.35. The number of hydrogen-bond acceptors (Lipinski definition) is 6. The lowest BCUT2D eigenvalue weighted by Crippen LogP contribution is -2.30. The van der Waals surface area contributed by atoms with Gasteiger partial charge in [0.2, 0.25) is 5.91 Å². The van der Waals surface area contributed by atoms with Crippen LogP contribution in [0.15, 0.2) is 102 Å². The van der Waals surface area contributed by atoms with E-state index in [4.69, 9.17) is 21.1 Å². The first kappa shape index (κ1) is 34.9. The third-order valence-corrected chi connectivity index (χ3v) is 8.00. The third-order valence-electron chi connectivity index (χ3n) is 6.57. The number of alkyl halides is 3. The van der Waals surface area contributed by atoms with Crippen LogP contribution < -0.4 is 25.4 Å². The minimum absolute atomic E-state index is 0.0374. The normalized spacial score (nSPS) is 12.1. The van der Waals surface area contributed by atoms with Crippen molar-refractivity contribution in [2.24, 2.45) is 0 Å². The van der Waals surface area contributed by atoms with Crippen molar-refractivity contribution in [3.8, 4) is 11.5 Å². The van der Waals surface area contributed by atoms with Gasteiger partial charge in [0.15, 0.2) is 11.5 Å². The Morgan fingerprint density at radius 1 is 0.851 bits per heavy atom. The van der Waals surface area contributed by atoms with Crippen LogP contribution >= 0.6 is 23.4 Å². The summed E-state index contributed by atoms with van der Waals surface area (Å²) >= 11 is 7.14. The molecule has 0 heterocycles. The molecule has 0 radical (unpaired) electrons. The number of carbonyl (C=O) groups is 3. The molecule has 3 N–H and O–H groups in total. The molecule has 4 aromatic rings. The number of methoxy groups -OCH3 is 2. The third kappa shape index (κ3) is 9.53. The van der Waals surface area contributed by atoms with Crippen LogP contribution in [0.25, 0.3) is 6.08 Å². The van der Waals surface area contributed by atoms with Gasteiger partial charge < -0.3 is 25.4 Å². The van der Waals surface area contributed by atoms with Crippen molar-refractivity contribution in [2.75, 3.05) is 24.9 Å². The van der Waals surface area contributed by atoms with Gasteiger partial charge in [0.25, 0.3) is 11.8 Å². The maximum Gasteiger partial charge on any atom is 0.416 e. The molecule has 1 atom stereocenters. The first-order valence-corrected chi connectivity index (χ1v) is 15.2. The first-order valence-electron chi connectivity index (χ1n) is 13.9. The molecule has 8 nitrogen and oxygen atoms in total.